The minimum absolute atomic E-state index is 0.247. The Morgan fingerprint density at radius 3 is 2.79 bits per heavy atom. The Morgan fingerprint density at radius 1 is 1.64 bits per heavy atom. The number of methoxy groups -OCH3 is 1. The molecule has 0 unspecified atom stereocenters. The van der Waals surface area contributed by atoms with Crippen LogP contribution in [0, 0.1) is 11.3 Å². The van der Waals surface area contributed by atoms with E-state index in [-0.39, 0.29) is 5.56 Å². The Labute approximate surface area is 94.4 Å². The lowest BCUT2D eigenvalue weighted by Gasteiger charge is -2.04. The van der Waals surface area contributed by atoms with Crippen LogP contribution >= 0.6 is 27.5 Å². The van der Waals surface area contributed by atoms with Crippen LogP contribution in [0.4, 0.5) is 0 Å². The van der Waals surface area contributed by atoms with Gasteiger partial charge in [0.2, 0.25) is 0 Å². The lowest BCUT2D eigenvalue weighted by molar-refractivity contribution is 0.0599. The molecule has 0 radical (unpaired) electrons. The molecule has 1 aromatic carbocycles. The topological polar surface area (TPSA) is 50.1 Å². The molecule has 0 atom stereocenters. The Balaban J connectivity index is 3.38. The normalized spacial score (nSPS) is 9.29. The summed E-state index contributed by atoms with van der Waals surface area (Å²) in [5.74, 6) is -0.532. The van der Waals surface area contributed by atoms with Crippen LogP contribution in [0.5, 0.6) is 0 Å². The van der Waals surface area contributed by atoms with Crippen LogP contribution in [-0.2, 0) is 4.74 Å². The molecular formula is C9H5BrClNO2. The fourth-order valence-corrected chi connectivity index (χ4v) is 1.63. The van der Waals surface area contributed by atoms with Gasteiger partial charge in [0.25, 0.3) is 0 Å². The highest BCUT2D eigenvalue weighted by atomic mass is 79.9. The van der Waals surface area contributed by atoms with Gasteiger partial charge in [-0.25, -0.2) is 4.79 Å². The van der Waals surface area contributed by atoms with E-state index in [2.05, 4.69) is 20.7 Å². The van der Waals surface area contributed by atoms with E-state index in [9.17, 15) is 4.79 Å². The van der Waals surface area contributed by atoms with Crippen molar-refractivity contribution < 1.29 is 9.53 Å². The van der Waals surface area contributed by atoms with Crippen LogP contribution in [0.15, 0.2) is 16.6 Å². The molecule has 0 aromatic heterocycles. The molecule has 0 saturated carbocycles. The van der Waals surface area contributed by atoms with E-state index >= 15 is 0 Å². The van der Waals surface area contributed by atoms with E-state index in [1.165, 1.54) is 19.2 Å². The number of halogens is 2. The van der Waals surface area contributed by atoms with Gasteiger partial charge < -0.3 is 4.74 Å². The Morgan fingerprint density at radius 2 is 2.29 bits per heavy atom. The summed E-state index contributed by atoms with van der Waals surface area (Å²) in [6.07, 6.45) is 0. The molecule has 3 nitrogen and oxygen atoms in total. The summed E-state index contributed by atoms with van der Waals surface area (Å²) < 4.78 is 4.93. The number of nitriles is 1. The van der Waals surface area contributed by atoms with Crippen molar-refractivity contribution >= 4 is 33.5 Å². The molecule has 0 heterocycles. The SMILES string of the molecule is COC(=O)c1cc(Cl)cc(C#N)c1Br. The summed E-state index contributed by atoms with van der Waals surface area (Å²) in [6.45, 7) is 0. The number of rotatable bonds is 1. The first-order valence-corrected chi connectivity index (χ1v) is 4.74. The van der Waals surface area contributed by atoms with Crippen LogP contribution in [0.25, 0.3) is 0 Å². The molecule has 1 rings (SSSR count). The van der Waals surface area contributed by atoms with Gasteiger partial charge >= 0.3 is 5.97 Å². The molecule has 0 aliphatic rings. The fraction of sp³-hybridized carbons (Fsp3) is 0.111. The molecule has 0 bridgehead atoms. The van der Waals surface area contributed by atoms with Crippen molar-refractivity contribution in [3.8, 4) is 6.07 Å². The molecule has 14 heavy (non-hydrogen) atoms. The predicted octanol–water partition coefficient (Wildman–Crippen LogP) is 2.76. The minimum atomic E-state index is -0.532. The first-order valence-electron chi connectivity index (χ1n) is 3.57. The number of carbonyl (C=O) groups is 1. The highest BCUT2D eigenvalue weighted by molar-refractivity contribution is 9.10. The minimum Gasteiger partial charge on any atom is -0.465 e. The van der Waals surface area contributed by atoms with E-state index < -0.39 is 5.97 Å². The van der Waals surface area contributed by atoms with Gasteiger partial charge in [0, 0.05) is 9.50 Å². The maximum absolute atomic E-state index is 11.2. The second-order valence-corrected chi connectivity index (χ2v) is 3.65. The van der Waals surface area contributed by atoms with Crippen molar-refractivity contribution in [3.05, 3.63) is 32.8 Å². The number of hydrogen-bond acceptors (Lipinski definition) is 3. The Kier molecular flexibility index (Phi) is 3.50. The van der Waals surface area contributed by atoms with E-state index in [4.69, 9.17) is 16.9 Å². The summed E-state index contributed by atoms with van der Waals surface area (Å²) >= 11 is 8.86. The standard InChI is InChI=1S/C9H5BrClNO2/c1-14-9(13)7-3-6(11)2-5(4-12)8(7)10/h2-3H,1H3. The van der Waals surface area contributed by atoms with E-state index in [0.717, 1.165) is 0 Å². The summed E-state index contributed by atoms with van der Waals surface area (Å²) in [4.78, 5) is 11.2. The van der Waals surface area contributed by atoms with Crippen LogP contribution < -0.4 is 0 Å². The third-order valence-corrected chi connectivity index (χ3v) is 2.64. The van der Waals surface area contributed by atoms with Crippen LogP contribution in [0.2, 0.25) is 5.02 Å². The van der Waals surface area contributed by atoms with Crippen molar-refractivity contribution in [2.45, 2.75) is 0 Å². The van der Waals surface area contributed by atoms with Gasteiger partial charge in [0.15, 0.2) is 0 Å². The highest BCUT2D eigenvalue weighted by Crippen LogP contribution is 2.26. The van der Waals surface area contributed by atoms with E-state index in [1.807, 2.05) is 6.07 Å². The fourth-order valence-electron chi connectivity index (χ4n) is 0.929. The van der Waals surface area contributed by atoms with E-state index in [0.29, 0.717) is 15.1 Å². The predicted molar refractivity (Wildman–Crippen MR) is 55.2 cm³/mol. The summed E-state index contributed by atoms with van der Waals surface area (Å²) in [5, 5.41) is 9.06. The molecule has 0 spiro atoms. The number of ether oxygens (including phenoxy) is 1. The van der Waals surface area contributed by atoms with Crippen molar-refractivity contribution in [3.63, 3.8) is 0 Å². The van der Waals surface area contributed by atoms with Crippen molar-refractivity contribution in [1.82, 2.24) is 0 Å². The molecule has 72 valence electrons. The zero-order valence-electron chi connectivity index (χ0n) is 7.17. The van der Waals surface area contributed by atoms with Crippen molar-refractivity contribution in [1.29, 1.82) is 5.26 Å². The van der Waals surface area contributed by atoms with Gasteiger partial charge in [-0.3, -0.25) is 0 Å². The third-order valence-electron chi connectivity index (χ3n) is 1.56. The lowest BCUT2D eigenvalue weighted by Crippen LogP contribution is -2.03. The second-order valence-electron chi connectivity index (χ2n) is 2.42. The highest BCUT2D eigenvalue weighted by Gasteiger charge is 2.14. The molecule has 0 amide bonds. The Bertz CT molecular complexity index is 426. The summed E-state index contributed by atoms with van der Waals surface area (Å²) in [7, 11) is 1.27. The second kappa shape index (κ2) is 4.45. The van der Waals surface area contributed by atoms with Gasteiger partial charge in [-0.05, 0) is 28.1 Å². The summed E-state index contributed by atoms with van der Waals surface area (Å²) in [5.41, 5.74) is 0.550. The first kappa shape index (κ1) is 11.0. The van der Waals surface area contributed by atoms with Crippen LogP contribution in [-0.4, -0.2) is 13.1 Å². The molecule has 5 heteroatoms. The average molecular weight is 275 g/mol. The zero-order chi connectivity index (χ0) is 10.7. The molecule has 0 aliphatic heterocycles. The smallest absolute Gasteiger partial charge is 0.339 e. The number of hydrogen-bond donors (Lipinski definition) is 0. The average Bonchev–Trinajstić information content (AvgIpc) is 2.19. The van der Waals surface area contributed by atoms with Gasteiger partial charge in [0.05, 0.1) is 18.2 Å². The molecule has 0 saturated heterocycles. The van der Waals surface area contributed by atoms with Crippen LogP contribution in [0.3, 0.4) is 0 Å². The maximum atomic E-state index is 11.2. The Hall–Kier alpha value is -1.05. The quantitative estimate of drug-likeness (QED) is 0.740. The van der Waals surface area contributed by atoms with Gasteiger partial charge in [0.1, 0.15) is 6.07 Å². The van der Waals surface area contributed by atoms with Crippen molar-refractivity contribution in [2.24, 2.45) is 0 Å². The largest absolute Gasteiger partial charge is 0.465 e. The monoisotopic (exact) mass is 273 g/mol. The van der Waals surface area contributed by atoms with Gasteiger partial charge in [-0.15, -0.1) is 0 Å². The third kappa shape index (κ3) is 2.06. The van der Waals surface area contributed by atoms with Gasteiger partial charge in [-0.1, -0.05) is 11.6 Å². The lowest BCUT2D eigenvalue weighted by atomic mass is 10.1. The molecule has 0 aliphatic carbocycles. The number of esters is 1. The number of benzene rings is 1. The summed E-state index contributed by atoms with van der Waals surface area (Å²) in [6, 6.07) is 4.83. The first-order chi connectivity index (χ1) is 6.60. The number of carbonyl (C=O) groups excluding carboxylic acids is 1. The molecular weight excluding hydrogens is 269 g/mol. The van der Waals surface area contributed by atoms with Crippen molar-refractivity contribution in [2.75, 3.05) is 7.11 Å². The maximum Gasteiger partial charge on any atom is 0.339 e. The molecule has 0 N–H and O–H groups in total. The van der Waals surface area contributed by atoms with Crippen LogP contribution in [0.1, 0.15) is 15.9 Å². The molecule has 1 aromatic rings. The number of nitrogens with zero attached hydrogens (tertiary/aromatic N) is 1. The zero-order valence-corrected chi connectivity index (χ0v) is 9.52. The van der Waals surface area contributed by atoms with E-state index in [1.54, 1.807) is 0 Å². The molecule has 0 fully saturated rings. The van der Waals surface area contributed by atoms with Gasteiger partial charge in [-0.2, -0.15) is 5.26 Å².